The normalized spacial score (nSPS) is 19.3. The molecule has 4 heteroatoms. The van der Waals surface area contributed by atoms with E-state index >= 15 is 0 Å². The molecule has 0 unspecified atom stereocenters. The van der Waals surface area contributed by atoms with E-state index in [9.17, 15) is 9.59 Å². The standard InChI is InChI=1S/C13H15NO3/c15-12(9-10-5-2-1-3-6-10)14-8-4-7-11(14)13(16)17/h1-3,5-6,11H,4,7-9H2,(H,16,17)/t11-/m1/s1. The van der Waals surface area contributed by atoms with Crippen LogP contribution < -0.4 is 0 Å². The second kappa shape index (κ2) is 4.99. The van der Waals surface area contributed by atoms with Crippen LogP contribution in [0.15, 0.2) is 30.3 Å². The van der Waals surface area contributed by atoms with Gasteiger partial charge in [0, 0.05) is 6.54 Å². The summed E-state index contributed by atoms with van der Waals surface area (Å²) in [5.41, 5.74) is 0.925. The lowest BCUT2D eigenvalue weighted by Gasteiger charge is -2.21. The predicted molar refractivity (Wildman–Crippen MR) is 62.5 cm³/mol. The summed E-state index contributed by atoms with van der Waals surface area (Å²) in [4.78, 5) is 24.4. The molecule has 0 radical (unpaired) electrons. The minimum atomic E-state index is -0.899. The van der Waals surface area contributed by atoms with Crippen molar-refractivity contribution in [3.8, 4) is 0 Å². The number of carboxylic acid groups (broad SMARTS) is 1. The van der Waals surface area contributed by atoms with Crippen LogP contribution in [0.2, 0.25) is 0 Å². The molecule has 1 heterocycles. The van der Waals surface area contributed by atoms with Crippen molar-refractivity contribution in [2.45, 2.75) is 25.3 Å². The number of carbonyl (C=O) groups is 2. The zero-order valence-electron chi connectivity index (χ0n) is 9.50. The molecule has 0 aliphatic carbocycles. The van der Waals surface area contributed by atoms with Gasteiger partial charge >= 0.3 is 5.97 Å². The number of benzene rings is 1. The topological polar surface area (TPSA) is 57.6 Å². The Labute approximate surface area is 99.9 Å². The molecule has 0 aromatic heterocycles. The van der Waals surface area contributed by atoms with Gasteiger partial charge in [-0.2, -0.15) is 0 Å². The molecule has 1 aromatic rings. The van der Waals surface area contributed by atoms with Gasteiger partial charge in [0.15, 0.2) is 0 Å². The molecular formula is C13H15NO3. The Morgan fingerprint density at radius 3 is 2.65 bits per heavy atom. The molecule has 1 atom stereocenters. The van der Waals surface area contributed by atoms with E-state index in [2.05, 4.69) is 0 Å². The Kier molecular flexibility index (Phi) is 3.42. The van der Waals surface area contributed by atoms with Crippen LogP contribution in [0.25, 0.3) is 0 Å². The van der Waals surface area contributed by atoms with Crippen molar-refractivity contribution >= 4 is 11.9 Å². The van der Waals surface area contributed by atoms with Crippen molar-refractivity contribution in [2.24, 2.45) is 0 Å². The summed E-state index contributed by atoms with van der Waals surface area (Å²) in [6, 6.07) is 8.77. The van der Waals surface area contributed by atoms with E-state index in [1.165, 1.54) is 4.90 Å². The number of likely N-dealkylation sites (tertiary alicyclic amines) is 1. The van der Waals surface area contributed by atoms with Crippen LogP contribution in [-0.2, 0) is 16.0 Å². The number of carboxylic acids is 1. The number of amides is 1. The number of hydrogen-bond acceptors (Lipinski definition) is 2. The van der Waals surface area contributed by atoms with Gasteiger partial charge in [0.05, 0.1) is 6.42 Å². The van der Waals surface area contributed by atoms with Crippen LogP contribution in [0.5, 0.6) is 0 Å². The molecule has 17 heavy (non-hydrogen) atoms. The van der Waals surface area contributed by atoms with Crippen LogP contribution in [-0.4, -0.2) is 34.5 Å². The lowest BCUT2D eigenvalue weighted by molar-refractivity contribution is -0.148. The molecule has 1 saturated heterocycles. The van der Waals surface area contributed by atoms with Crippen molar-refractivity contribution in [1.29, 1.82) is 0 Å². The highest BCUT2D eigenvalue weighted by Gasteiger charge is 2.33. The lowest BCUT2D eigenvalue weighted by Crippen LogP contribution is -2.41. The Morgan fingerprint density at radius 1 is 1.29 bits per heavy atom. The van der Waals surface area contributed by atoms with Crippen molar-refractivity contribution in [3.63, 3.8) is 0 Å². The molecule has 1 amide bonds. The fourth-order valence-corrected chi connectivity index (χ4v) is 2.19. The number of rotatable bonds is 3. The van der Waals surface area contributed by atoms with Crippen LogP contribution in [0, 0.1) is 0 Å². The summed E-state index contributed by atoms with van der Waals surface area (Å²) in [7, 11) is 0. The summed E-state index contributed by atoms with van der Waals surface area (Å²) in [5.74, 6) is -0.995. The molecule has 0 spiro atoms. The number of hydrogen-bond donors (Lipinski definition) is 1. The van der Waals surface area contributed by atoms with E-state index in [0.717, 1.165) is 12.0 Å². The fraction of sp³-hybridized carbons (Fsp3) is 0.385. The highest BCUT2D eigenvalue weighted by Crippen LogP contribution is 2.18. The van der Waals surface area contributed by atoms with Gasteiger partial charge in [-0.05, 0) is 18.4 Å². The molecule has 0 saturated carbocycles. The fourth-order valence-electron chi connectivity index (χ4n) is 2.19. The van der Waals surface area contributed by atoms with E-state index in [1.807, 2.05) is 30.3 Å². The predicted octanol–water partition coefficient (Wildman–Crippen LogP) is 1.30. The number of nitrogens with zero attached hydrogens (tertiary/aromatic N) is 1. The largest absolute Gasteiger partial charge is 0.480 e. The Morgan fingerprint density at radius 2 is 2.00 bits per heavy atom. The molecule has 1 fully saturated rings. The average molecular weight is 233 g/mol. The van der Waals surface area contributed by atoms with E-state index < -0.39 is 12.0 Å². The van der Waals surface area contributed by atoms with Gasteiger partial charge in [0.2, 0.25) is 5.91 Å². The van der Waals surface area contributed by atoms with E-state index in [-0.39, 0.29) is 12.3 Å². The zero-order valence-corrected chi connectivity index (χ0v) is 9.50. The van der Waals surface area contributed by atoms with E-state index in [0.29, 0.717) is 13.0 Å². The Balaban J connectivity index is 2.03. The first-order valence-corrected chi connectivity index (χ1v) is 5.74. The molecule has 1 aromatic carbocycles. The summed E-state index contributed by atoms with van der Waals surface area (Å²) in [5, 5.41) is 9.00. The van der Waals surface area contributed by atoms with Gasteiger partial charge < -0.3 is 10.0 Å². The highest BCUT2D eigenvalue weighted by molar-refractivity contribution is 5.85. The molecule has 0 bridgehead atoms. The first-order valence-electron chi connectivity index (χ1n) is 5.74. The van der Waals surface area contributed by atoms with Crippen molar-refractivity contribution in [2.75, 3.05) is 6.54 Å². The Hall–Kier alpha value is -1.84. The van der Waals surface area contributed by atoms with E-state index in [4.69, 9.17) is 5.11 Å². The first-order chi connectivity index (χ1) is 8.18. The number of carbonyl (C=O) groups excluding carboxylic acids is 1. The van der Waals surface area contributed by atoms with Crippen molar-refractivity contribution < 1.29 is 14.7 Å². The maximum Gasteiger partial charge on any atom is 0.326 e. The second-order valence-electron chi connectivity index (χ2n) is 4.25. The highest BCUT2D eigenvalue weighted by atomic mass is 16.4. The third kappa shape index (κ3) is 2.64. The van der Waals surface area contributed by atoms with Gasteiger partial charge in [-0.3, -0.25) is 4.79 Å². The molecule has 1 aliphatic heterocycles. The quantitative estimate of drug-likeness (QED) is 0.856. The summed E-state index contributed by atoms with van der Waals surface area (Å²) >= 11 is 0. The minimum Gasteiger partial charge on any atom is -0.480 e. The molecule has 90 valence electrons. The third-order valence-corrected chi connectivity index (χ3v) is 3.06. The number of aliphatic carboxylic acids is 1. The monoisotopic (exact) mass is 233 g/mol. The van der Waals surface area contributed by atoms with Gasteiger partial charge in [-0.15, -0.1) is 0 Å². The van der Waals surface area contributed by atoms with Crippen LogP contribution in [0.1, 0.15) is 18.4 Å². The summed E-state index contributed by atoms with van der Waals surface area (Å²) < 4.78 is 0. The van der Waals surface area contributed by atoms with Crippen LogP contribution in [0.3, 0.4) is 0 Å². The zero-order chi connectivity index (χ0) is 12.3. The molecule has 1 aliphatic rings. The van der Waals surface area contributed by atoms with Crippen molar-refractivity contribution in [1.82, 2.24) is 4.90 Å². The van der Waals surface area contributed by atoms with E-state index in [1.54, 1.807) is 0 Å². The minimum absolute atomic E-state index is 0.0962. The SMILES string of the molecule is O=C(O)[C@H]1CCCN1C(=O)Cc1ccccc1. The average Bonchev–Trinajstić information content (AvgIpc) is 2.79. The lowest BCUT2D eigenvalue weighted by atomic mass is 10.1. The van der Waals surface area contributed by atoms with Crippen LogP contribution in [0.4, 0.5) is 0 Å². The maximum absolute atomic E-state index is 12.0. The smallest absolute Gasteiger partial charge is 0.326 e. The van der Waals surface area contributed by atoms with Gasteiger partial charge in [-0.25, -0.2) is 4.79 Å². The summed E-state index contributed by atoms with van der Waals surface area (Å²) in [6.07, 6.45) is 1.62. The molecule has 2 rings (SSSR count). The van der Waals surface area contributed by atoms with Gasteiger partial charge in [0.25, 0.3) is 0 Å². The van der Waals surface area contributed by atoms with Gasteiger partial charge in [0.1, 0.15) is 6.04 Å². The second-order valence-corrected chi connectivity index (χ2v) is 4.25. The Bertz CT molecular complexity index is 416. The molecule has 1 N–H and O–H groups in total. The molecular weight excluding hydrogens is 218 g/mol. The van der Waals surface area contributed by atoms with Crippen molar-refractivity contribution in [3.05, 3.63) is 35.9 Å². The maximum atomic E-state index is 12.0. The molecule has 4 nitrogen and oxygen atoms in total. The summed E-state index contributed by atoms with van der Waals surface area (Å²) in [6.45, 7) is 0.558. The first kappa shape index (κ1) is 11.6. The van der Waals surface area contributed by atoms with Gasteiger partial charge in [-0.1, -0.05) is 30.3 Å². The third-order valence-electron chi connectivity index (χ3n) is 3.06. The van der Waals surface area contributed by atoms with Crippen LogP contribution >= 0.6 is 0 Å².